The summed E-state index contributed by atoms with van der Waals surface area (Å²) in [6, 6.07) is 0. The van der Waals surface area contributed by atoms with Crippen LogP contribution in [0.2, 0.25) is 0 Å². The molecule has 1 rings (SSSR count). The first-order valence-corrected chi connectivity index (χ1v) is 4.91. The molecular weight excluding hydrogens is 146 g/mol. The predicted octanol–water partition coefficient (Wildman–Crippen LogP) is 2.81. The SMILES string of the molecule is CCN(CC)C1=CCC(C)C=C1. The fourth-order valence-electron chi connectivity index (χ4n) is 1.54. The van der Waals surface area contributed by atoms with Crippen LogP contribution >= 0.6 is 0 Å². The van der Waals surface area contributed by atoms with E-state index in [9.17, 15) is 0 Å². The van der Waals surface area contributed by atoms with Gasteiger partial charge in [-0.1, -0.05) is 19.1 Å². The van der Waals surface area contributed by atoms with E-state index < -0.39 is 0 Å². The van der Waals surface area contributed by atoms with Gasteiger partial charge in [0.05, 0.1) is 0 Å². The highest BCUT2D eigenvalue weighted by atomic mass is 15.1. The second kappa shape index (κ2) is 4.34. The van der Waals surface area contributed by atoms with Crippen molar-refractivity contribution < 1.29 is 0 Å². The molecule has 0 amide bonds. The zero-order valence-corrected chi connectivity index (χ0v) is 8.38. The molecule has 0 spiro atoms. The number of hydrogen-bond acceptors (Lipinski definition) is 1. The first kappa shape index (κ1) is 9.37. The quantitative estimate of drug-likeness (QED) is 0.621. The van der Waals surface area contributed by atoms with Crippen molar-refractivity contribution in [2.24, 2.45) is 5.92 Å². The van der Waals surface area contributed by atoms with E-state index in [1.54, 1.807) is 0 Å². The Morgan fingerprint density at radius 1 is 1.42 bits per heavy atom. The van der Waals surface area contributed by atoms with E-state index in [0.29, 0.717) is 0 Å². The lowest BCUT2D eigenvalue weighted by molar-refractivity contribution is 0.389. The van der Waals surface area contributed by atoms with Crippen molar-refractivity contribution in [1.82, 2.24) is 4.90 Å². The fraction of sp³-hybridized carbons (Fsp3) is 0.636. The Morgan fingerprint density at radius 3 is 2.50 bits per heavy atom. The third-order valence-corrected chi connectivity index (χ3v) is 2.42. The average molecular weight is 165 g/mol. The molecule has 1 nitrogen and oxygen atoms in total. The number of rotatable bonds is 3. The maximum atomic E-state index is 2.39. The Balaban J connectivity index is 2.58. The largest absolute Gasteiger partial charge is 0.372 e. The van der Waals surface area contributed by atoms with Gasteiger partial charge in [0.2, 0.25) is 0 Å². The molecule has 68 valence electrons. The molecule has 0 aromatic carbocycles. The third kappa shape index (κ3) is 2.13. The molecule has 1 atom stereocenters. The lowest BCUT2D eigenvalue weighted by Crippen LogP contribution is -2.22. The van der Waals surface area contributed by atoms with E-state index in [-0.39, 0.29) is 0 Å². The van der Waals surface area contributed by atoms with Crippen molar-refractivity contribution in [2.75, 3.05) is 13.1 Å². The summed E-state index contributed by atoms with van der Waals surface area (Å²) in [6.07, 6.45) is 8.09. The van der Waals surface area contributed by atoms with Gasteiger partial charge in [-0.15, -0.1) is 0 Å². The summed E-state index contributed by atoms with van der Waals surface area (Å²) in [5, 5.41) is 0. The summed E-state index contributed by atoms with van der Waals surface area (Å²) in [7, 11) is 0. The normalized spacial score (nSPS) is 22.2. The molecule has 0 aromatic heterocycles. The first-order chi connectivity index (χ1) is 5.77. The molecule has 12 heavy (non-hydrogen) atoms. The zero-order chi connectivity index (χ0) is 8.97. The van der Waals surface area contributed by atoms with Crippen LogP contribution in [0.25, 0.3) is 0 Å². The highest BCUT2D eigenvalue weighted by Crippen LogP contribution is 2.17. The molecule has 1 aliphatic rings. The van der Waals surface area contributed by atoms with Crippen LogP contribution in [0.1, 0.15) is 27.2 Å². The van der Waals surface area contributed by atoms with E-state index in [0.717, 1.165) is 19.0 Å². The fourth-order valence-corrected chi connectivity index (χ4v) is 1.54. The van der Waals surface area contributed by atoms with Gasteiger partial charge in [-0.25, -0.2) is 0 Å². The number of allylic oxidation sites excluding steroid dienone is 3. The van der Waals surface area contributed by atoms with Crippen molar-refractivity contribution in [3.8, 4) is 0 Å². The Labute approximate surface area is 75.8 Å². The lowest BCUT2D eigenvalue weighted by Gasteiger charge is -2.24. The monoisotopic (exact) mass is 165 g/mol. The summed E-state index contributed by atoms with van der Waals surface area (Å²) >= 11 is 0. The van der Waals surface area contributed by atoms with Crippen LogP contribution in [0, 0.1) is 5.92 Å². The Morgan fingerprint density at radius 2 is 2.08 bits per heavy atom. The molecule has 0 N–H and O–H groups in total. The second-order valence-corrected chi connectivity index (χ2v) is 3.37. The number of nitrogens with zero attached hydrogens (tertiary/aromatic N) is 1. The van der Waals surface area contributed by atoms with Crippen molar-refractivity contribution in [2.45, 2.75) is 27.2 Å². The van der Waals surface area contributed by atoms with E-state index in [1.807, 2.05) is 0 Å². The minimum atomic E-state index is 0.726. The molecule has 0 bridgehead atoms. The Kier molecular flexibility index (Phi) is 3.39. The van der Waals surface area contributed by atoms with Gasteiger partial charge in [0.15, 0.2) is 0 Å². The molecule has 1 aliphatic carbocycles. The van der Waals surface area contributed by atoms with Crippen molar-refractivity contribution >= 4 is 0 Å². The van der Waals surface area contributed by atoms with Crippen LogP contribution < -0.4 is 0 Å². The molecule has 0 radical (unpaired) electrons. The summed E-state index contributed by atoms with van der Waals surface area (Å²) in [5.41, 5.74) is 1.40. The van der Waals surface area contributed by atoms with Crippen molar-refractivity contribution in [1.29, 1.82) is 0 Å². The Bertz CT molecular complexity index is 187. The van der Waals surface area contributed by atoms with Crippen LogP contribution in [0.15, 0.2) is 23.9 Å². The van der Waals surface area contributed by atoms with E-state index in [4.69, 9.17) is 0 Å². The summed E-state index contributed by atoms with van der Waals surface area (Å²) in [5.74, 6) is 0.726. The second-order valence-electron chi connectivity index (χ2n) is 3.37. The van der Waals surface area contributed by atoms with Crippen molar-refractivity contribution in [3.63, 3.8) is 0 Å². The molecule has 1 unspecified atom stereocenters. The minimum Gasteiger partial charge on any atom is -0.372 e. The van der Waals surface area contributed by atoms with Gasteiger partial charge in [-0.05, 0) is 32.3 Å². The van der Waals surface area contributed by atoms with Crippen LogP contribution in [-0.4, -0.2) is 18.0 Å². The first-order valence-electron chi connectivity index (χ1n) is 4.91. The van der Waals surface area contributed by atoms with Gasteiger partial charge in [0.1, 0.15) is 0 Å². The molecule has 0 aliphatic heterocycles. The van der Waals surface area contributed by atoms with Gasteiger partial charge in [0.25, 0.3) is 0 Å². The van der Waals surface area contributed by atoms with E-state index in [1.165, 1.54) is 12.1 Å². The summed E-state index contributed by atoms with van der Waals surface area (Å²) in [4.78, 5) is 2.39. The van der Waals surface area contributed by atoms with E-state index in [2.05, 4.69) is 43.9 Å². The van der Waals surface area contributed by atoms with Gasteiger partial charge < -0.3 is 4.90 Å². The van der Waals surface area contributed by atoms with Crippen molar-refractivity contribution in [3.05, 3.63) is 23.9 Å². The lowest BCUT2D eigenvalue weighted by atomic mass is 10.0. The van der Waals surface area contributed by atoms with Crippen LogP contribution in [0.3, 0.4) is 0 Å². The summed E-state index contributed by atoms with van der Waals surface area (Å²) < 4.78 is 0. The average Bonchev–Trinajstić information content (AvgIpc) is 2.10. The van der Waals surface area contributed by atoms with Gasteiger partial charge >= 0.3 is 0 Å². The van der Waals surface area contributed by atoms with E-state index >= 15 is 0 Å². The third-order valence-electron chi connectivity index (χ3n) is 2.42. The highest BCUT2D eigenvalue weighted by molar-refractivity contribution is 5.22. The van der Waals surface area contributed by atoms with Crippen LogP contribution in [-0.2, 0) is 0 Å². The maximum Gasteiger partial charge on any atom is 0.0322 e. The van der Waals surface area contributed by atoms with Crippen LogP contribution in [0.4, 0.5) is 0 Å². The smallest absolute Gasteiger partial charge is 0.0322 e. The molecule has 0 saturated heterocycles. The zero-order valence-electron chi connectivity index (χ0n) is 8.38. The molecular formula is C11H19N. The Hall–Kier alpha value is -0.720. The minimum absolute atomic E-state index is 0.726. The molecule has 1 heteroatoms. The molecule has 0 fully saturated rings. The number of hydrogen-bond donors (Lipinski definition) is 0. The summed E-state index contributed by atoms with van der Waals surface area (Å²) in [6.45, 7) is 8.89. The van der Waals surface area contributed by atoms with Crippen LogP contribution in [0.5, 0.6) is 0 Å². The molecule has 0 heterocycles. The van der Waals surface area contributed by atoms with Gasteiger partial charge in [0, 0.05) is 18.8 Å². The molecule has 0 saturated carbocycles. The van der Waals surface area contributed by atoms with Gasteiger partial charge in [-0.2, -0.15) is 0 Å². The highest BCUT2D eigenvalue weighted by Gasteiger charge is 2.07. The maximum absolute atomic E-state index is 2.39. The standard InChI is InChI=1S/C11H19N/c1-4-12(5-2)11-8-6-10(3)7-9-11/h6,8-10H,4-5,7H2,1-3H3. The number of likely N-dealkylation sites (N-methyl/N-ethyl adjacent to an activating group) is 1. The topological polar surface area (TPSA) is 3.24 Å². The predicted molar refractivity (Wildman–Crippen MR) is 53.9 cm³/mol. The molecule has 0 aromatic rings. The van der Waals surface area contributed by atoms with Gasteiger partial charge in [-0.3, -0.25) is 0 Å².